The lowest BCUT2D eigenvalue weighted by atomic mass is 10.0. The second-order valence-electron chi connectivity index (χ2n) is 5.19. The Morgan fingerprint density at radius 2 is 2.21 bits per heavy atom. The standard InChI is InChI=1S/C15H20N2OS/c1-11-13(7-8-18-11)9-16-15-17-14(10-19-15)12-5-3-2-4-6-12/h2-6,11,13-14H,7-10H2,1H3,(H,16,17). The summed E-state index contributed by atoms with van der Waals surface area (Å²) in [5, 5.41) is 4.61. The van der Waals surface area contributed by atoms with Crippen LogP contribution >= 0.6 is 11.8 Å². The van der Waals surface area contributed by atoms with Crippen LogP contribution < -0.4 is 5.32 Å². The Kier molecular flexibility index (Phi) is 4.09. The minimum atomic E-state index is 0.362. The van der Waals surface area contributed by atoms with Crippen molar-refractivity contribution in [3.8, 4) is 0 Å². The van der Waals surface area contributed by atoms with Gasteiger partial charge >= 0.3 is 0 Å². The van der Waals surface area contributed by atoms with E-state index >= 15 is 0 Å². The van der Waals surface area contributed by atoms with Crippen LogP contribution in [0.15, 0.2) is 35.3 Å². The molecule has 0 amide bonds. The minimum Gasteiger partial charge on any atom is -0.378 e. The number of thioether (sulfide) groups is 1. The van der Waals surface area contributed by atoms with Gasteiger partial charge in [-0.3, -0.25) is 4.99 Å². The maximum absolute atomic E-state index is 5.57. The average Bonchev–Trinajstić information content (AvgIpc) is 3.06. The SMILES string of the molecule is CC1OCCC1CN=C1NC(c2ccccc2)CS1. The van der Waals surface area contributed by atoms with Crippen molar-refractivity contribution in [1.82, 2.24) is 5.32 Å². The van der Waals surface area contributed by atoms with Crippen molar-refractivity contribution in [2.75, 3.05) is 18.9 Å². The average molecular weight is 276 g/mol. The third-order valence-corrected chi connectivity index (χ3v) is 4.91. The molecule has 3 atom stereocenters. The fourth-order valence-electron chi connectivity index (χ4n) is 2.57. The molecule has 3 rings (SSSR count). The lowest BCUT2D eigenvalue weighted by Gasteiger charge is -2.12. The molecule has 4 heteroatoms. The van der Waals surface area contributed by atoms with Crippen LogP contribution in [0.1, 0.15) is 24.9 Å². The molecule has 0 aromatic heterocycles. The molecule has 2 heterocycles. The van der Waals surface area contributed by atoms with Crippen molar-refractivity contribution in [2.45, 2.75) is 25.5 Å². The summed E-state index contributed by atoms with van der Waals surface area (Å²) in [4.78, 5) is 4.72. The van der Waals surface area contributed by atoms with E-state index in [9.17, 15) is 0 Å². The van der Waals surface area contributed by atoms with Gasteiger partial charge in [-0.1, -0.05) is 42.1 Å². The van der Waals surface area contributed by atoms with E-state index in [1.807, 2.05) is 11.8 Å². The predicted molar refractivity (Wildman–Crippen MR) is 80.6 cm³/mol. The van der Waals surface area contributed by atoms with Crippen molar-refractivity contribution >= 4 is 16.9 Å². The van der Waals surface area contributed by atoms with Crippen LogP contribution in [-0.2, 0) is 4.74 Å². The molecule has 3 nitrogen and oxygen atoms in total. The molecule has 2 aliphatic heterocycles. The molecule has 2 aliphatic rings. The van der Waals surface area contributed by atoms with Gasteiger partial charge in [-0.05, 0) is 18.9 Å². The van der Waals surface area contributed by atoms with Crippen molar-refractivity contribution < 1.29 is 4.74 Å². The molecule has 1 aromatic rings. The summed E-state index contributed by atoms with van der Waals surface area (Å²) in [5.41, 5.74) is 1.35. The number of amidine groups is 1. The number of ether oxygens (including phenoxy) is 1. The lowest BCUT2D eigenvalue weighted by Crippen LogP contribution is -2.21. The van der Waals surface area contributed by atoms with E-state index in [1.165, 1.54) is 5.56 Å². The molecule has 2 saturated heterocycles. The highest BCUT2D eigenvalue weighted by atomic mass is 32.2. The Hall–Kier alpha value is -1.00. The fourth-order valence-corrected chi connectivity index (χ4v) is 3.56. The number of benzene rings is 1. The van der Waals surface area contributed by atoms with Crippen LogP contribution in [0.5, 0.6) is 0 Å². The summed E-state index contributed by atoms with van der Waals surface area (Å²) in [7, 11) is 0. The monoisotopic (exact) mass is 276 g/mol. The first-order chi connectivity index (χ1) is 9.33. The van der Waals surface area contributed by atoms with Crippen LogP contribution in [-0.4, -0.2) is 30.2 Å². The van der Waals surface area contributed by atoms with Gasteiger partial charge in [0.25, 0.3) is 0 Å². The molecular weight excluding hydrogens is 256 g/mol. The summed E-state index contributed by atoms with van der Waals surface area (Å²) >= 11 is 1.83. The molecule has 0 saturated carbocycles. The maximum atomic E-state index is 5.57. The van der Waals surface area contributed by atoms with Gasteiger partial charge < -0.3 is 10.1 Å². The van der Waals surface area contributed by atoms with Gasteiger partial charge in [-0.15, -0.1) is 0 Å². The Labute approximate surface area is 118 Å². The fraction of sp³-hybridized carbons (Fsp3) is 0.533. The van der Waals surface area contributed by atoms with Crippen LogP contribution in [0.2, 0.25) is 0 Å². The second-order valence-corrected chi connectivity index (χ2v) is 6.20. The van der Waals surface area contributed by atoms with Gasteiger partial charge in [0.05, 0.1) is 12.1 Å². The lowest BCUT2D eigenvalue weighted by molar-refractivity contribution is 0.107. The van der Waals surface area contributed by atoms with Gasteiger partial charge in [-0.25, -0.2) is 0 Å². The summed E-state index contributed by atoms with van der Waals surface area (Å²) in [6.45, 7) is 3.93. The molecule has 2 fully saturated rings. The molecule has 3 unspecified atom stereocenters. The Morgan fingerprint density at radius 3 is 2.95 bits per heavy atom. The van der Waals surface area contributed by atoms with Crippen LogP contribution in [0.3, 0.4) is 0 Å². The van der Waals surface area contributed by atoms with E-state index in [0.717, 1.165) is 30.5 Å². The third kappa shape index (κ3) is 3.12. The summed E-state index contributed by atoms with van der Waals surface area (Å²) in [6, 6.07) is 11.0. The van der Waals surface area contributed by atoms with Crippen molar-refractivity contribution in [3.05, 3.63) is 35.9 Å². The van der Waals surface area contributed by atoms with Crippen LogP contribution in [0.25, 0.3) is 0 Å². The van der Waals surface area contributed by atoms with Crippen LogP contribution in [0.4, 0.5) is 0 Å². The highest BCUT2D eigenvalue weighted by molar-refractivity contribution is 8.14. The molecule has 1 N–H and O–H groups in total. The van der Waals surface area contributed by atoms with Crippen molar-refractivity contribution in [3.63, 3.8) is 0 Å². The second kappa shape index (κ2) is 5.97. The van der Waals surface area contributed by atoms with Gasteiger partial charge in [-0.2, -0.15) is 0 Å². The Bertz CT molecular complexity index is 449. The Balaban J connectivity index is 1.57. The normalized spacial score (nSPS) is 32.7. The molecule has 0 radical (unpaired) electrons. The summed E-state index contributed by atoms with van der Waals surface area (Å²) in [6.07, 6.45) is 1.51. The smallest absolute Gasteiger partial charge is 0.157 e. The van der Waals surface area contributed by atoms with Gasteiger partial charge in [0.1, 0.15) is 0 Å². The summed E-state index contributed by atoms with van der Waals surface area (Å²) in [5.74, 6) is 1.66. The zero-order chi connectivity index (χ0) is 13.1. The van der Waals surface area contributed by atoms with E-state index < -0.39 is 0 Å². The molecule has 0 aliphatic carbocycles. The quantitative estimate of drug-likeness (QED) is 0.921. The topological polar surface area (TPSA) is 33.6 Å². The first-order valence-corrected chi connectivity index (χ1v) is 7.92. The highest BCUT2D eigenvalue weighted by Crippen LogP contribution is 2.27. The van der Waals surface area contributed by atoms with E-state index in [0.29, 0.717) is 18.1 Å². The van der Waals surface area contributed by atoms with E-state index in [2.05, 4.69) is 42.6 Å². The zero-order valence-electron chi connectivity index (χ0n) is 11.2. The minimum absolute atomic E-state index is 0.362. The largest absolute Gasteiger partial charge is 0.378 e. The molecule has 0 bridgehead atoms. The number of nitrogens with one attached hydrogen (secondary N) is 1. The predicted octanol–water partition coefficient (Wildman–Crippen LogP) is 2.85. The number of hydrogen-bond acceptors (Lipinski definition) is 3. The first-order valence-electron chi connectivity index (χ1n) is 6.93. The number of hydrogen-bond donors (Lipinski definition) is 1. The number of aliphatic imine (C=N–C) groups is 1. The summed E-state index contributed by atoms with van der Waals surface area (Å²) < 4.78 is 5.57. The van der Waals surface area contributed by atoms with Crippen LogP contribution in [0, 0.1) is 5.92 Å². The highest BCUT2D eigenvalue weighted by Gasteiger charge is 2.25. The van der Waals surface area contributed by atoms with Crippen molar-refractivity contribution in [1.29, 1.82) is 0 Å². The zero-order valence-corrected chi connectivity index (χ0v) is 12.0. The molecule has 0 spiro atoms. The molecular formula is C15H20N2OS. The molecule has 19 heavy (non-hydrogen) atoms. The maximum Gasteiger partial charge on any atom is 0.157 e. The number of rotatable bonds is 3. The molecule has 102 valence electrons. The van der Waals surface area contributed by atoms with Gasteiger partial charge in [0.2, 0.25) is 0 Å². The number of nitrogens with zero attached hydrogens (tertiary/aromatic N) is 1. The first kappa shape index (κ1) is 13.0. The van der Waals surface area contributed by atoms with Crippen molar-refractivity contribution in [2.24, 2.45) is 10.9 Å². The van der Waals surface area contributed by atoms with E-state index in [4.69, 9.17) is 9.73 Å². The van der Waals surface area contributed by atoms with Gasteiger partial charge in [0.15, 0.2) is 5.17 Å². The van der Waals surface area contributed by atoms with E-state index in [-0.39, 0.29) is 0 Å². The third-order valence-electron chi connectivity index (χ3n) is 3.89. The Morgan fingerprint density at radius 1 is 1.37 bits per heavy atom. The molecule has 1 aromatic carbocycles. The van der Waals surface area contributed by atoms with Gasteiger partial charge in [0, 0.05) is 24.8 Å². The van der Waals surface area contributed by atoms with E-state index in [1.54, 1.807) is 0 Å².